The van der Waals surface area contributed by atoms with Gasteiger partial charge in [-0.25, -0.2) is 0 Å². The van der Waals surface area contributed by atoms with Crippen LogP contribution in [0.1, 0.15) is 19.4 Å². The van der Waals surface area contributed by atoms with Crippen molar-refractivity contribution in [1.82, 2.24) is 0 Å². The molecule has 3 heteroatoms. The summed E-state index contributed by atoms with van der Waals surface area (Å²) in [4.78, 5) is 2.25. The van der Waals surface area contributed by atoms with Crippen molar-refractivity contribution in [3.63, 3.8) is 0 Å². The third-order valence-corrected chi connectivity index (χ3v) is 3.47. The third-order valence-electron chi connectivity index (χ3n) is 3.47. The first kappa shape index (κ1) is 15.4. The molecule has 0 fully saturated rings. The van der Waals surface area contributed by atoms with Crippen molar-refractivity contribution in [3.8, 4) is 5.75 Å². The van der Waals surface area contributed by atoms with Gasteiger partial charge in [-0.05, 0) is 37.1 Å². The summed E-state index contributed by atoms with van der Waals surface area (Å²) in [5.74, 6) is 0.902. The summed E-state index contributed by atoms with van der Waals surface area (Å²) in [6.45, 7) is 6.19. The Morgan fingerprint density at radius 3 is 2.29 bits per heavy atom. The highest BCUT2D eigenvalue weighted by Crippen LogP contribution is 2.35. The Morgan fingerprint density at radius 1 is 0.952 bits per heavy atom. The van der Waals surface area contributed by atoms with Crippen molar-refractivity contribution in [2.45, 2.75) is 20.3 Å². The van der Waals surface area contributed by atoms with Gasteiger partial charge in [0.15, 0.2) is 0 Å². The van der Waals surface area contributed by atoms with E-state index in [2.05, 4.69) is 42.2 Å². The molecule has 0 heterocycles. The number of hydrogen-bond acceptors (Lipinski definition) is 3. The summed E-state index contributed by atoms with van der Waals surface area (Å²) in [6.07, 6.45) is 0.994. The quantitative estimate of drug-likeness (QED) is 0.841. The second-order valence-electron chi connectivity index (χ2n) is 4.82. The predicted molar refractivity (Wildman–Crippen MR) is 89.5 cm³/mol. The van der Waals surface area contributed by atoms with E-state index in [1.807, 2.05) is 25.1 Å². The smallest absolute Gasteiger partial charge is 0.142 e. The van der Waals surface area contributed by atoms with E-state index >= 15 is 0 Å². The minimum absolute atomic E-state index is 0.596. The molecule has 0 bridgehead atoms. The molecule has 0 aliphatic heterocycles. The highest BCUT2D eigenvalue weighted by molar-refractivity contribution is 5.71. The number of ether oxygens (including phenoxy) is 1. The molecule has 0 amide bonds. The van der Waals surface area contributed by atoms with Crippen LogP contribution in [0.15, 0.2) is 48.5 Å². The molecule has 0 aliphatic rings. The fourth-order valence-corrected chi connectivity index (χ4v) is 2.53. The van der Waals surface area contributed by atoms with Gasteiger partial charge in [0.1, 0.15) is 5.75 Å². The number of aryl methyl sites for hydroxylation is 1. The van der Waals surface area contributed by atoms with Crippen molar-refractivity contribution < 1.29 is 4.74 Å². The zero-order valence-corrected chi connectivity index (χ0v) is 12.9. The van der Waals surface area contributed by atoms with E-state index in [4.69, 9.17) is 10.5 Å². The van der Waals surface area contributed by atoms with Gasteiger partial charge in [-0.2, -0.15) is 0 Å². The van der Waals surface area contributed by atoms with E-state index in [1.165, 1.54) is 11.3 Å². The SMILES string of the molecule is CCOc1ccccc1N(CCN)c1ccccc1CC. The number of para-hydroxylation sites is 3. The van der Waals surface area contributed by atoms with Crippen LogP contribution < -0.4 is 15.4 Å². The van der Waals surface area contributed by atoms with E-state index in [0.717, 1.165) is 24.4 Å². The van der Waals surface area contributed by atoms with Gasteiger partial charge in [0.25, 0.3) is 0 Å². The van der Waals surface area contributed by atoms with E-state index in [-0.39, 0.29) is 0 Å². The van der Waals surface area contributed by atoms with Gasteiger partial charge >= 0.3 is 0 Å². The Morgan fingerprint density at radius 2 is 1.62 bits per heavy atom. The maximum atomic E-state index is 5.84. The van der Waals surface area contributed by atoms with E-state index < -0.39 is 0 Å². The molecule has 0 saturated heterocycles. The van der Waals surface area contributed by atoms with Gasteiger partial charge < -0.3 is 15.4 Å². The standard InChI is InChI=1S/C18H24N2O/c1-3-15-9-5-6-10-16(15)20(14-13-19)17-11-7-8-12-18(17)21-4-2/h5-12H,3-4,13-14,19H2,1-2H3. The molecule has 0 aromatic heterocycles. The first-order valence-corrected chi connectivity index (χ1v) is 7.59. The summed E-state index contributed by atoms with van der Waals surface area (Å²) >= 11 is 0. The predicted octanol–water partition coefficient (Wildman–Crippen LogP) is 3.74. The fourth-order valence-electron chi connectivity index (χ4n) is 2.53. The molecule has 0 unspecified atom stereocenters. The number of anilines is 2. The lowest BCUT2D eigenvalue weighted by Gasteiger charge is -2.28. The largest absolute Gasteiger partial charge is 0.492 e. The van der Waals surface area contributed by atoms with Crippen LogP contribution in [0.4, 0.5) is 11.4 Å². The first-order chi connectivity index (χ1) is 10.3. The van der Waals surface area contributed by atoms with E-state index in [9.17, 15) is 0 Å². The molecular formula is C18H24N2O. The molecule has 0 atom stereocenters. The summed E-state index contributed by atoms with van der Waals surface area (Å²) < 4.78 is 5.78. The number of nitrogens with two attached hydrogens (primary N) is 1. The average Bonchev–Trinajstić information content (AvgIpc) is 2.54. The molecule has 0 aliphatic carbocycles. The molecule has 0 spiro atoms. The molecule has 2 aromatic carbocycles. The van der Waals surface area contributed by atoms with Crippen LogP contribution in [-0.2, 0) is 6.42 Å². The lowest BCUT2D eigenvalue weighted by Crippen LogP contribution is -2.26. The monoisotopic (exact) mass is 284 g/mol. The van der Waals surface area contributed by atoms with Crippen LogP contribution in [0, 0.1) is 0 Å². The normalized spacial score (nSPS) is 10.4. The van der Waals surface area contributed by atoms with Crippen molar-refractivity contribution in [3.05, 3.63) is 54.1 Å². The molecule has 3 nitrogen and oxygen atoms in total. The Kier molecular flexibility index (Phi) is 5.64. The van der Waals surface area contributed by atoms with Crippen molar-refractivity contribution >= 4 is 11.4 Å². The highest BCUT2D eigenvalue weighted by atomic mass is 16.5. The van der Waals surface area contributed by atoms with E-state index in [1.54, 1.807) is 0 Å². The maximum Gasteiger partial charge on any atom is 0.142 e. The fraction of sp³-hybridized carbons (Fsp3) is 0.333. The van der Waals surface area contributed by atoms with Crippen LogP contribution in [0.2, 0.25) is 0 Å². The maximum absolute atomic E-state index is 5.84. The summed E-state index contributed by atoms with van der Waals surface area (Å²) in [5, 5.41) is 0. The Hall–Kier alpha value is -2.00. The van der Waals surface area contributed by atoms with Crippen LogP contribution in [0.5, 0.6) is 5.75 Å². The number of hydrogen-bond donors (Lipinski definition) is 1. The summed E-state index contributed by atoms with van der Waals surface area (Å²) in [7, 11) is 0. The van der Waals surface area contributed by atoms with Crippen molar-refractivity contribution in [2.24, 2.45) is 5.73 Å². The Bertz CT molecular complexity index is 569. The Labute approximate surface area is 127 Å². The van der Waals surface area contributed by atoms with Gasteiger partial charge in [-0.1, -0.05) is 37.3 Å². The van der Waals surface area contributed by atoms with Gasteiger partial charge in [0.2, 0.25) is 0 Å². The van der Waals surface area contributed by atoms with Crippen LogP contribution >= 0.6 is 0 Å². The second-order valence-corrected chi connectivity index (χ2v) is 4.82. The molecule has 2 N–H and O–H groups in total. The minimum Gasteiger partial charge on any atom is -0.492 e. The van der Waals surface area contributed by atoms with Gasteiger partial charge in [-0.3, -0.25) is 0 Å². The molecule has 2 rings (SSSR count). The molecule has 0 radical (unpaired) electrons. The van der Waals surface area contributed by atoms with Crippen LogP contribution in [0.25, 0.3) is 0 Å². The molecule has 0 saturated carbocycles. The summed E-state index contributed by atoms with van der Waals surface area (Å²) in [5.41, 5.74) is 9.43. The zero-order valence-electron chi connectivity index (χ0n) is 12.9. The second kappa shape index (κ2) is 7.70. The lowest BCUT2D eigenvalue weighted by molar-refractivity contribution is 0.341. The molecule has 21 heavy (non-hydrogen) atoms. The van der Waals surface area contributed by atoms with Crippen molar-refractivity contribution in [2.75, 3.05) is 24.6 Å². The minimum atomic E-state index is 0.596. The van der Waals surface area contributed by atoms with Gasteiger partial charge in [-0.15, -0.1) is 0 Å². The number of rotatable bonds is 7. The number of benzene rings is 2. The highest BCUT2D eigenvalue weighted by Gasteiger charge is 2.15. The summed E-state index contributed by atoms with van der Waals surface area (Å²) in [6, 6.07) is 16.6. The van der Waals surface area contributed by atoms with Crippen LogP contribution in [-0.4, -0.2) is 19.7 Å². The number of nitrogens with zero attached hydrogens (tertiary/aromatic N) is 1. The zero-order chi connectivity index (χ0) is 15.1. The first-order valence-electron chi connectivity index (χ1n) is 7.59. The van der Waals surface area contributed by atoms with Crippen molar-refractivity contribution in [1.29, 1.82) is 0 Å². The Balaban J connectivity index is 2.48. The lowest BCUT2D eigenvalue weighted by atomic mass is 10.1. The van der Waals surface area contributed by atoms with Gasteiger partial charge in [0, 0.05) is 18.8 Å². The average molecular weight is 284 g/mol. The van der Waals surface area contributed by atoms with Crippen LogP contribution in [0.3, 0.4) is 0 Å². The molecular weight excluding hydrogens is 260 g/mol. The molecule has 2 aromatic rings. The topological polar surface area (TPSA) is 38.5 Å². The van der Waals surface area contributed by atoms with E-state index in [0.29, 0.717) is 13.2 Å². The molecule has 112 valence electrons. The third kappa shape index (κ3) is 3.56. The van der Waals surface area contributed by atoms with Gasteiger partial charge in [0.05, 0.1) is 12.3 Å².